The molecular weight excluding hydrogens is 444 g/mol. The topological polar surface area (TPSA) is 132 Å². The molecule has 2 unspecified atom stereocenters. The molecule has 1 aromatic heterocycles. The average molecular weight is 471 g/mol. The van der Waals surface area contributed by atoms with Crippen molar-refractivity contribution in [2.24, 2.45) is 10.8 Å². The summed E-state index contributed by atoms with van der Waals surface area (Å²) in [4.78, 5) is 36.7. The Kier molecular flexibility index (Phi) is 4.48. The Labute approximate surface area is 191 Å². The minimum absolute atomic E-state index is 0.0329. The third-order valence-electron chi connectivity index (χ3n) is 7.02. The average Bonchev–Trinajstić information content (AvgIpc) is 3.13. The first-order valence-electron chi connectivity index (χ1n) is 10.8. The number of nitrogens with two attached hydrogens (primary N) is 1. The predicted molar refractivity (Wildman–Crippen MR) is 122 cm³/mol. The largest absolute Gasteiger partial charge is 0.384 e. The highest BCUT2D eigenvalue weighted by atomic mass is 32.2. The van der Waals surface area contributed by atoms with Gasteiger partial charge >= 0.3 is 0 Å². The van der Waals surface area contributed by atoms with Gasteiger partial charge in [0.05, 0.1) is 21.7 Å². The van der Waals surface area contributed by atoms with Gasteiger partial charge < -0.3 is 5.73 Å². The van der Waals surface area contributed by atoms with Crippen molar-refractivity contribution in [2.45, 2.75) is 51.0 Å². The number of nitrogens with zero attached hydrogens (tertiary/aromatic N) is 2. The molecule has 1 saturated heterocycles. The quantitative estimate of drug-likeness (QED) is 0.659. The Bertz CT molecular complexity index is 1380. The van der Waals surface area contributed by atoms with Gasteiger partial charge in [-0.1, -0.05) is 20.8 Å². The van der Waals surface area contributed by atoms with Crippen LogP contribution in [0.2, 0.25) is 0 Å². The van der Waals surface area contributed by atoms with E-state index in [4.69, 9.17) is 5.73 Å². The second-order valence-corrected chi connectivity index (χ2v) is 12.4. The number of carbonyl (C=O) groups is 2. The number of amides is 2. The predicted octanol–water partition coefficient (Wildman–Crippen LogP) is 1.89. The van der Waals surface area contributed by atoms with E-state index in [1.54, 1.807) is 4.31 Å². The van der Waals surface area contributed by atoms with E-state index < -0.39 is 27.4 Å². The Morgan fingerprint density at radius 3 is 2.36 bits per heavy atom. The standard InChI is InChI=1S/C23H26N4O5S/c1-22(2)9-14-10-23(3,11-22)12-26(14)33(31,32)15-6-4-13(5-7-15)27-17(28)8-16-18(19(27)24)21(30)25-20(16)29/h4-8,14H,9-12,24H2,1-3H3,(H,25,29,30). The first kappa shape index (κ1) is 21.8. The maximum absolute atomic E-state index is 13.5. The van der Waals surface area contributed by atoms with Crippen LogP contribution in [0.25, 0.3) is 5.69 Å². The van der Waals surface area contributed by atoms with Crippen molar-refractivity contribution in [3.63, 3.8) is 0 Å². The second kappa shape index (κ2) is 6.77. The zero-order chi connectivity index (χ0) is 23.9. The number of nitrogen functional groups attached to an aromatic ring is 1. The smallest absolute Gasteiger partial charge is 0.262 e. The maximum Gasteiger partial charge on any atom is 0.262 e. The summed E-state index contributed by atoms with van der Waals surface area (Å²) in [7, 11) is -3.72. The maximum atomic E-state index is 13.5. The van der Waals surface area contributed by atoms with Crippen LogP contribution >= 0.6 is 0 Å². The van der Waals surface area contributed by atoms with Crippen LogP contribution in [0.5, 0.6) is 0 Å². The van der Waals surface area contributed by atoms with E-state index in [9.17, 15) is 22.8 Å². The van der Waals surface area contributed by atoms with Crippen molar-refractivity contribution in [3.8, 4) is 5.69 Å². The Morgan fingerprint density at radius 1 is 1.03 bits per heavy atom. The van der Waals surface area contributed by atoms with E-state index in [1.165, 1.54) is 24.3 Å². The van der Waals surface area contributed by atoms with Crippen LogP contribution in [-0.2, 0) is 10.0 Å². The number of anilines is 1. The SMILES string of the molecule is CC1(C)CC2CC(C)(CN2S(=O)(=O)c2ccc(-n3c(N)c4c(cc3=O)C(=O)NC4=O)cc2)C1. The summed E-state index contributed by atoms with van der Waals surface area (Å²) in [6.07, 6.45) is 2.66. The molecule has 1 aliphatic carbocycles. The van der Waals surface area contributed by atoms with Crippen molar-refractivity contribution >= 4 is 27.7 Å². The number of aromatic nitrogens is 1. The molecular formula is C23H26N4O5S. The van der Waals surface area contributed by atoms with Gasteiger partial charge in [-0.15, -0.1) is 0 Å². The highest BCUT2D eigenvalue weighted by Crippen LogP contribution is 2.53. The Morgan fingerprint density at radius 2 is 1.70 bits per heavy atom. The van der Waals surface area contributed by atoms with Gasteiger partial charge in [0.25, 0.3) is 17.4 Å². The van der Waals surface area contributed by atoms with E-state index >= 15 is 0 Å². The summed E-state index contributed by atoms with van der Waals surface area (Å²) in [5.41, 5.74) is 5.71. The molecule has 33 heavy (non-hydrogen) atoms. The number of hydrogen-bond donors (Lipinski definition) is 2. The highest BCUT2D eigenvalue weighted by molar-refractivity contribution is 7.89. The molecule has 3 aliphatic rings. The van der Waals surface area contributed by atoms with Gasteiger partial charge in [0.1, 0.15) is 5.82 Å². The van der Waals surface area contributed by atoms with Crippen LogP contribution in [0.3, 0.4) is 0 Å². The molecule has 2 atom stereocenters. The van der Waals surface area contributed by atoms with E-state index in [1.807, 2.05) is 0 Å². The molecule has 2 aromatic rings. The van der Waals surface area contributed by atoms with Gasteiger partial charge in [-0.2, -0.15) is 4.31 Å². The number of imide groups is 1. The molecule has 1 aromatic carbocycles. The number of nitrogens with one attached hydrogen (secondary N) is 1. The first-order valence-corrected chi connectivity index (χ1v) is 12.3. The fraction of sp³-hybridized carbons (Fsp3) is 0.435. The van der Waals surface area contributed by atoms with Crippen molar-refractivity contribution in [2.75, 3.05) is 12.3 Å². The normalized spacial score (nSPS) is 26.3. The lowest BCUT2D eigenvalue weighted by atomic mass is 9.65. The third kappa shape index (κ3) is 3.31. The highest BCUT2D eigenvalue weighted by Gasteiger charge is 2.53. The molecule has 1 saturated carbocycles. The molecule has 174 valence electrons. The Hall–Kier alpha value is -2.98. The van der Waals surface area contributed by atoms with Gasteiger partial charge in [0.15, 0.2) is 0 Å². The van der Waals surface area contributed by atoms with Gasteiger partial charge in [-0.3, -0.25) is 24.3 Å². The van der Waals surface area contributed by atoms with E-state index in [0.717, 1.165) is 29.9 Å². The van der Waals surface area contributed by atoms with Crippen molar-refractivity contribution < 1.29 is 18.0 Å². The summed E-state index contributed by atoms with van der Waals surface area (Å²) in [5, 5.41) is 2.12. The molecule has 5 rings (SSSR count). The van der Waals surface area contributed by atoms with Crippen LogP contribution in [0, 0.1) is 10.8 Å². The zero-order valence-corrected chi connectivity index (χ0v) is 19.5. The zero-order valence-electron chi connectivity index (χ0n) is 18.7. The molecule has 3 heterocycles. The van der Waals surface area contributed by atoms with E-state index in [2.05, 4.69) is 26.1 Å². The Balaban J connectivity index is 1.51. The summed E-state index contributed by atoms with van der Waals surface area (Å²) < 4.78 is 29.7. The lowest BCUT2D eigenvalue weighted by Gasteiger charge is -2.39. The number of rotatable bonds is 3. The molecule has 2 fully saturated rings. The molecule has 3 N–H and O–H groups in total. The van der Waals surface area contributed by atoms with Gasteiger partial charge in [-0.25, -0.2) is 8.42 Å². The van der Waals surface area contributed by atoms with E-state index in [-0.39, 0.29) is 38.7 Å². The molecule has 2 amide bonds. The number of fused-ring (bicyclic) bond motifs is 3. The number of hydrogen-bond acceptors (Lipinski definition) is 6. The lowest BCUT2D eigenvalue weighted by Crippen LogP contribution is -2.37. The van der Waals surface area contributed by atoms with Crippen molar-refractivity contribution in [3.05, 3.63) is 51.8 Å². The van der Waals surface area contributed by atoms with E-state index in [0.29, 0.717) is 12.2 Å². The van der Waals surface area contributed by atoms with Crippen LogP contribution in [0.1, 0.15) is 60.7 Å². The minimum atomic E-state index is -3.72. The molecule has 10 heteroatoms. The fourth-order valence-electron chi connectivity index (χ4n) is 6.14. The summed E-state index contributed by atoms with van der Waals surface area (Å²) in [6.45, 7) is 7.03. The molecule has 2 aliphatic heterocycles. The van der Waals surface area contributed by atoms with Gasteiger partial charge in [-0.05, 0) is 54.4 Å². The second-order valence-electron chi connectivity index (χ2n) is 10.5. The minimum Gasteiger partial charge on any atom is -0.384 e. The van der Waals surface area contributed by atoms with Crippen molar-refractivity contribution in [1.29, 1.82) is 0 Å². The summed E-state index contributed by atoms with van der Waals surface area (Å²) in [6, 6.07) is 6.90. The monoisotopic (exact) mass is 470 g/mol. The molecule has 9 nitrogen and oxygen atoms in total. The van der Waals surface area contributed by atoms with Crippen LogP contribution in [0.4, 0.5) is 5.82 Å². The first-order chi connectivity index (χ1) is 15.3. The van der Waals surface area contributed by atoms with Crippen LogP contribution in [-0.4, -0.2) is 41.7 Å². The van der Waals surface area contributed by atoms with Crippen LogP contribution in [0.15, 0.2) is 40.0 Å². The third-order valence-corrected chi connectivity index (χ3v) is 8.93. The molecule has 0 spiro atoms. The number of benzene rings is 1. The molecule has 2 bridgehead atoms. The number of pyridine rings is 1. The number of sulfonamides is 1. The van der Waals surface area contributed by atoms with Gasteiger partial charge in [0.2, 0.25) is 10.0 Å². The fourth-order valence-corrected chi connectivity index (χ4v) is 7.91. The number of carbonyl (C=O) groups excluding carboxylic acids is 2. The van der Waals surface area contributed by atoms with Crippen LogP contribution < -0.4 is 16.6 Å². The van der Waals surface area contributed by atoms with Crippen molar-refractivity contribution in [1.82, 2.24) is 14.2 Å². The summed E-state index contributed by atoms with van der Waals surface area (Å²) >= 11 is 0. The lowest BCUT2D eigenvalue weighted by molar-refractivity contribution is 0.0879. The van der Waals surface area contributed by atoms with Gasteiger partial charge in [0, 0.05) is 18.7 Å². The molecule has 0 radical (unpaired) electrons. The summed E-state index contributed by atoms with van der Waals surface area (Å²) in [5.74, 6) is -1.50.